The van der Waals surface area contributed by atoms with Crippen molar-refractivity contribution in [1.82, 2.24) is 4.90 Å². The largest absolute Gasteiger partial charge is 0.330 e. The molecule has 0 bridgehead atoms. The number of carbonyl (C=O) groups excluding carboxylic acids is 1. The summed E-state index contributed by atoms with van der Waals surface area (Å²) in [5, 5.41) is 2.51. The van der Waals surface area contributed by atoms with E-state index in [0.29, 0.717) is 6.54 Å². The fraction of sp³-hybridized carbons (Fsp3) is 0.533. The zero-order chi connectivity index (χ0) is 15.6. The van der Waals surface area contributed by atoms with E-state index in [1.807, 2.05) is 4.90 Å². The number of halogens is 3. The standard InChI is InChI=1S/C15H21F2N3O.ClH/c1-10(20-6-5-15(2,8-18)9-20)14(21)19-13-4-3-11(16)7-12(13)17;/h3-4,7,10H,5-6,8-9,18H2,1-2H3,(H,19,21);1H. The summed E-state index contributed by atoms with van der Waals surface area (Å²) in [5.41, 5.74) is 5.77. The quantitative estimate of drug-likeness (QED) is 0.889. The van der Waals surface area contributed by atoms with Crippen LogP contribution < -0.4 is 11.1 Å². The Bertz CT molecular complexity index is 544. The van der Waals surface area contributed by atoms with Crippen LogP contribution >= 0.6 is 12.4 Å². The van der Waals surface area contributed by atoms with E-state index in [9.17, 15) is 13.6 Å². The summed E-state index contributed by atoms with van der Waals surface area (Å²) in [6, 6.07) is 2.71. The predicted molar refractivity (Wildman–Crippen MR) is 85.0 cm³/mol. The Morgan fingerprint density at radius 3 is 2.73 bits per heavy atom. The molecule has 124 valence electrons. The van der Waals surface area contributed by atoms with Gasteiger partial charge in [0, 0.05) is 12.6 Å². The lowest BCUT2D eigenvalue weighted by atomic mass is 9.90. The SMILES string of the molecule is CC(C(=O)Nc1ccc(F)cc1F)N1CCC(C)(CN)C1.Cl. The second-order valence-electron chi connectivity index (χ2n) is 6.02. The number of nitrogens with two attached hydrogens (primary N) is 1. The summed E-state index contributed by atoms with van der Waals surface area (Å²) in [7, 11) is 0. The third-order valence-electron chi connectivity index (χ3n) is 4.20. The molecule has 2 unspecified atom stereocenters. The van der Waals surface area contributed by atoms with Gasteiger partial charge in [-0.3, -0.25) is 9.69 Å². The van der Waals surface area contributed by atoms with Gasteiger partial charge in [-0.2, -0.15) is 0 Å². The minimum Gasteiger partial charge on any atom is -0.330 e. The summed E-state index contributed by atoms with van der Waals surface area (Å²) in [6.07, 6.45) is 0.937. The van der Waals surface area contributed by atoms with E-state index in [1.54, 1.807) is 6.92 Å². The molecule has 3 N–H and O–H groups in total. The molecule has 1 aliphatic heterocycles. The van der Waals surface area contributed by atoms with Crippen LogP contribution in [0.1, 0.15) is 20.3 Å². The number of carbonyl (C=O) groups is 1. The van der Waals surface area contributed by atoms with Crippen LogP contribution in [0.5, 0.6) is 0 Å². The van der Waals surface area contributed by atoms with Gasteiger partial charge in [-0.15, -0.1) is 12.4 Å². The van der Waals surface area contributed by atoms with Crippen LogP contribution in [0.3, 0.4) is 0 Å². The lowest BCUT2D eigenvalue weighted by Gasteiger charge is -2.26. The van der Waals surface area contributed by atoms with Gasteiger partial charge in [0.2, 0.25) is 5.91 Å². The van der Waals surface area contributed by atoms with E-state index in [0.717, 1.165) is 31.6 Å². The van der Waals surface area contributed by atoms with Crippen molar-refractivity contribution in [3.8, 4) is 0 Å². The first-order valence-electron chi connectivity index (χ1n) is 7.05. The molecule has 2 rings (SSSR count). The van der Waals surface area contributed by atoms with Gasteiger partial charge in [0.05, 0.1) is 11.7 Å². The van der Waals surface area contributed by atoms with E-state index < -0.39 is 11.6 Å². The number of anilines is 1. The van der Waals surface area contributed by atoms with E-state index in [4.69, 9.17) is 5.73 Å². The van der Waals surface area contributed by atoms with Crippen LogP contribution in [0.4, 0.5) is 14.5 Å². The van der Waals surface area contributed by atoms with Gasteiger partial charge >= 0.3 is 0 Å². The number of likely N-dealkylation sites (tertiary alicyclic amines) is 1. The number of hydrogen-bond donors (Lipinski definition) is 2. The minimum atomic E-state index is -0.774. The van der Waals surface area contributed by atoms with Gasteiger partial charge in [0.1, 0.15) is 11.6 Å². The second-order valence-corrected chi connectivity index (χ2v) is 6.02. The van der Waals surface area contributed by atoms with E-state index >= 15 is 0 Å². The molecule has 0 radical (unpaired) electrons. The van der Waals surface area contributed by atoms with E-state index in [1.165, 1.54) is 6.07 Å². The number of benzene rings is 1. The molecule has 1 amide bonds. The van der Waals surface area contributed by atoms with Crippen LogP contribution in [0.25, 0.3) is 0 Å². The molecule has 2 atom stereocenters. The Balaban J connectivity index is 0.00000242. The van der Waals surface area contributed by atoms with Gasteiger partial charge in [-0.25, -0.2) is 8.78 Å². The van der Waals surface area contributed by atoms with Crippen molar-refractivity contribution in [2.24, 2.45) is 11.1 Å². The first kappa shape index (κ1) is 18.8. The summed E-state index contributed by atoms with van der Waals surface area (Å²) in [5.74, 6) is -1.75. The monoisotopic (exact) mass is 333 g/mol. The predicted octanol–water partition coefficient (Wildman–Crippen LogP) is 2.38. The Kier molecular flexibility index (Phi) is 6.28. The Labute approximate surface area is 135 Å². The maximum Gasteiger partial charge on any atom is 0.241 e. The van der Waals surface area contributed by atoms with Crippen LogP contribution in [-0.4, -0.2) is 36.5 Å². The highest BCUT2D eigenvalue weighted by Gasteiger charge is 2.36. The Morgan fingerprint density at radius 2 is 2.18 bits per heavy atom. The molecule has 0 aliphatic carbocycles. The van der Waals surface area contributed by atoms with Crippen molar-refractivity contribution in [3.63, 3.8) is 0 Å². The fourth-order valence-electron chi connectivity index (χ4n) is 2.55. The van der Waals surface area contributed by atoms with Gasteiger partial charge in [0.15, 0.2) is 0 Å². The fourth-order valence-corrected chi connectivity index (χ4v) is 2.55. The molecule has 0 saturated carbocycles. The van der Waals surface area contributed by atoms with Crippen LogP contribution in [0.2, 0.25) is 0 Å². The molecular formula is C15H22ClF2N3O. The average Bonchev–Trinajstić information content (AvgIpc) is 2.84. The molecule has 7 heteroatoms. The summed E-state index contributed by atoms with van der Waals surface area (Å²) >= 11 is 0. The highest BCUT2D eigenvalue weighted by Crippen LogP contribution is 2.30. The van der Waals surface area contributed by atoms with Gasteiger partial charge < -0.3 is 11.1 Å². The zero-order valence-electron chi connectivity index (χ0n) is 12.7. The van der Waals surface area contributed by atoms with Gasteiger partial charge in [-0.1, -0.05) is 6.92 Å². The molecule has 0 spiro atoms. The number of rotatable bonds is 4. The highest BCUT2D eigenvalue weighted by molar-refractivity contribution is 5.94. The molecule has 1 fully saturated rings. The maximum absolute atomic E-state index is 13.5. The van der Waals surface area contributed by atoms with Crippen LogP contribution in [0.15, 0.2) is 18.2 Å². The van der Waals surface area contributed by atoms with Crippen molar-refractivity contribution in [2.45, 2.75) is 26.3 Å². The number of nitrogens with one attached hydrogen (secondary N) is 1. The first-order valence-corrected chi connectivity index (χ1v) is 7.05. The normalized spacial score (nSPS) is 23.0. The minimum absolute atomic E-state index is 0. The van der Waals surface area contributed by atoms with Crippen molar-refractivity contribution in [1.29, 1.82) is 0 Å². The molecule has 4 nitrogen and oxygen atoms in total. The molecule has 1 saturated heterocycles. The lowest BCUT2D eigenvalue weighted by molar-refractivity contribution is -0.120. The van der Waals surface area contributed by atoms with Crippen molar-refractivity contribution >= 4 is 24.0 Å². The summed E-state index contributed by atoms with van der Waals surface area (Å²) < 4.78 is 26.4. The zero-order valence-corrected chi connectivity index (χ0v) is 13.6. The summed E-state index contributed by atoms with van der Waals surface area (Å²) in [6.45, 7) is 5.97. The number of nitrogens with zero attached hydrogens (tertiary/aromatic N) is 1. The van der Waals surface area contributed by atoms with Crippen LogP contribution in [-0.2, 0) is 4.79 Å². The molecular weight excluding hydrogens is 312 g/mol. The van der Waals surface area contributed by atoms with Gasteiger partial charge in [0.25, 0.3) is 0 Å². The molecule has 1 aliphatic rings. The third kappa shape index (κ3) is 4.15. The second kappa shape index (κ2) is 7.35. The Morgan fingerprint density at radius 1 is 1.50 bits per heavy atom. The third-order valence-corrected chi connectivity index (χ3v) is 4.20. The maximum atomic E-state index is 13.5. The molecule has 0 aromatic heterocycles. The first-order chi connectivity index (χ1) is 9.84. The van der Waals surface area contributed by atoms with E-state index in [2.05, 4.69) is 12.2 Å². The molecule has 1 aromatic carbocycles. The average molecular weight is 334 g/mol. The highest BCUT2D eigenvalue weighted by atomic mass is 35.5. The molecule has 1 aromatic rings. The topological polar surface area (TPSA) is 58.4 Å². The Hall–Kier alpha value is -1.24. The smallest absolute Gasteiger partial charge is 0.241 e. The molecule has 22 heavy (non-hydrogen) atoms. The number of hydrogen-bond acceptors (Lipinski definition) is 3. The van der Waals surface area contributed by atoms with Crippen molar-refractivity contribution in [2.75, 3.05) is 25.0 Å². The van der Waals surface area contributed by atoms with Crippen molar-refractivity contribution < 1.29 is 13.6 Å². The lowest BCUT2D eigenvalue weighted by Crippen LogP contribution is -2.42. The van der Waals surface area contributed by atoms with Crippen molar-refractivity contribution in [3.05, 3.63) is 29.8 Å². The van der Waals surface area contributed by atoms with Gasteiger partial charge in [-0.05, 0) is 44.0 Å². The molecule has 1 heterocycles. The summed E-state index contributed by atoms with van der Waals surface area (Å²) in [4.78, 5) is 14.2. The number of amides is 1. The van der Waals surface area contributed by atoms with Crippen LogP contribution in [0, 0.1) is 17.0 Å². The van der Waals surface area contributed by atoms with E-state index in [-0.39, 0.29) is 35.5 Å².